The first-order valence-electron chi connectivity index (χ1n) is 5.43. The van der Waals surface area contributed by atoms with E-state index in [2.05, 4.69) is 41.5 Å². The van der Waals surface area contributed by atoms with Gasteiger partial charge in [0.05, 0.1) is 12.2 Å². The Balaban J connectivity index is 2.84. The van der Waals surface area contributed by atoms with Crippen LogP contribution in [-0.4, -0.2) is 18.5 Å². The average Bonchev–Trinajstić information content (AvgIpc) is 2.27. The molecule has 0 N–H and O–H groups in total. The average molecular weight is 200 g/mol. The van der Waals surface area contributed by atoms with Crippen molar-refractivity contribution in [2.24, 2.45) is 10.8 Å². The molecule has 3 atom stereocenters. The maximum absolute atomic E-state index is 5.84. The van der Waals surface area contributed by atoms with E-state index in [4.69, 9.17) is 9.47 Å². The van der Waals surface area contributed by atoms with Gasteiger partial charge in [0.1, 0.15) is 0 Å². The third-order valence-corrected chi connectivity index (χ3v) is 2.66. The molecule has 1 unspecified atom stereocenters. The molecule has 0 amide bonds. The van der Waals surface area contributed by atoms with Crippen LogP contribution in [0, 0.1) is 10.8 Å². The monoisotopic (exact) mass is 200 g/mol. The van der Waals surface area contributed by atoms with E-state index in [1.54, 1.807) is 0 Å². The second-order valence-electron chi connectivity index (χ2n) is 6.41. The Morgan fingerprint density at radius 2 is 1.00 bits per heavy atom. The van der Waals surface area contributed by atoms with Gasteiger partial charge in [0.25, 0.3) is 0 Å². The highest BCUT2D eigenvalue weighted by molar-refractivity contribution is 4.92. The van der Waals surface area contributed by atoms with Crippen LogP contribution in [0.25, 0.3) is 0 Å². The van der Waals surface area contributed by atoms with Crippen LogP contribution in [0.4, 0.5) is 0 Å². The van der Waals surface area contributed by atoms with Crippen molar-refractivity contribution in [2.45, 2.75) is 67.0 Å². The lowest BCUT2D eigenvalue weighted by molar-refractivity contribution is -0.0701. The lowest BCUT2D eigenvalue weighted by Gasteiger charge is -2.36. The summed E-state index contributed by atoms with van der Waals surface area (Å²) >= 11 is 0. The highest BCUT2D eigenvalue weighted by atomic mass is 16.7. The molecule has 2 heteroatoms. The molecule has 1 rings (SSSR count). The quantitative estimate of drug-likeness (QED) is 0.598. The van der Waals surface area contributed by atoms with Crippen LogP contribution in [0.2, 0.25) is 0 Å². The van der Waals surface area contributed by atoms with E-state index in [1.165, 1.54) is 0 Å². The van der Waals surface area contributed by atoms with Gasteiger partial charge in [0.15, 0.2) is 6.29 Å². The van der Waals surface area contributed by atoms with Gasteiger partial charge in [-0.3, -0.25) is 0 Å². The van der Waals surface area contributed by atoms with E-state index >= 15 is 0 Å². The van der Waals surface area contributed by atoms with Crippen LogP contribution in [-0.2, 0) is 9.47 Å². The van der Waals surface area contributed by atoms with Gasteiger partial charge in [0.2, 0.25) is 0 Å². The molecule has 0 bridgehead atoms. The zero-order valence-electron chi connectivity index (χ0n) is 10.5. The van der Waals surface area contributed by atoms with Crippen LogP contribution in [0.5, 0.6) is 0 Å². The largest absolute Gasteiger partial charge is 0.346 e. The second-order valence-corrected chi connectivity index (χ2v) is 6.41. The molecule has 14 heavy (non-hydrogen) atoms. The summed E-state index contributed by atoms with van der Waals surface area (Å²) in [7, 11) is 0. The molecule has 0 aromatic heterocycles. The lowest BCUT2D eigenvalue weighted by atomic mass is 9.76. The van der Waals surface area contributed by atoms with Crippen molar-refractivity contribution in [3.63, 3.8) is 0 Å². The molecule has 0 aromatic rings. The minimum Gasteiger partial charge on any atom is -0.346 e. The minimum absolute atomic E-state index is 0.0662. The van der Waals surface area contributed by atoms with Crippen LogP contribution in [0.15, 0.2) is 0 Å². The van der Waals surface area contributed by atoms with Gasteiger partial charge in [-0.15, -0.1) is 0 Å². The van der Waals surface area contributed by atoms with Gasteiger partial charge in [-0.1, -0.05) is 41.5 Å². The van der Waals surface area contributed by atoms with E-state index < -0.39 is 0 Å². The maximum atomic E-state index is 5.84. The van der Waals surface area contributed by atoms with Gasteiger partial charge >= 0.3 is 0 Å². The lowest BCUT2D eigenvalue weighted by Crippen LogP contribution is -2.42. The van der Waals surface area contributed by atoms with E-state index in [-0.39, 0.29) is 29.3 Å². The Labute approximate surface area is 88.0 Å². The third-order valence-electron chi connectivity index (χ3n) is 2.66. The van der Waals surface area contributed by atoms with E-state index in [0.29, 0.717) is 0 Å². The van der Waals surface area contributed by atoms with Crippen LogP contribution < -0.4 is 0 Å². The molecule has 0 aromatic carbocycles. The zero-order chi connectivity index (χ0) is 11.1. The van der Waals surface area contributed by atoms with Crippen molar-refractivity contribution in [3.05, 3.63) is 0 Å². The van der Waals surface area contributed by atoms with Crippen molar-refractivity contribution in [1.82, 2.24) is 0 Å². The summed E-state index contributed by atoms with van der Waals surface area (Å²) in [5.41, 5.74) is 0.283. The number of ether oxygens (including phenoxy) is 2. The fraction of sp³-hybridized carbons (Fsp3) is 1.00. The van der Waals surface area contributed by atoms with Crippen molar-refractivity contribution in [2.75, 3.05) is 0 Å². The second kappa shape index (κ2) is 3.49. The molecule has 2 nitrogen and oxygen atoms in total. The molecule has 0 radical (unpaired) electrons. The Hall–Kier alpha value is -0.0800. The smallest absolute Gasteiger partial charge is 0.155 e. The summed E-state index contributed by atoms with van der Waals surface area (Å²) in [5.74, 6) is 0. The van der Waals surface area contributed by atoms with Crippen LogP contribution in [0.1, 0.15) is 48.5 Å². The topological polar surface area (TPSA) is 18.5 Å². The maximum Gasteiger partial charge on any atom is 0.155 e. The molecule has 84 valence electrons. The Morgan fingerprint density at radius 3 is 1.21 bits per heavy atom. The van der Waals surface area contributed by atoms with Crippen molar-refractivity contribution >= 4 is 0 Å². The summed E-state index contributed by atoms with van der Waals surface area (Å²) in [6, 6.07) is 0. The molecule has 1 heterocycles. The number of hydrogen-bond acceptors (Lipinski definition) is 2. The molecule has 0 spiro atoms. The molecular weight excluding hydrogens is 176 g/mol. The predicted molar refractivity (Wildman–Crippen MR) is 58.1 cm³/mol. The van der Waals surface area contributed by atoms with Gasteiger partial charge in [-0.2, -0.15) is 0 Å². The normalized spacial score (nSPS) is 34.9. The first-order chi connectivity index (χ1) is 6.12. The highest BCUT2D eigenvalue weighted by Gasteiger charge is 2.46. The van der Waals surface area contributed by atoms with Gasteiger partial charge < -0.3 is 9.47 Å². The fourth-order valence-electron chi connectivity index (χ4n) is 1.90. The van der Waals surface area contributed by atoms with Crippen LogP contribution in [0.3, 0.4) is 0 Å². The third kappa shape index (κ3) is 2.48. The SMILES string of the molecule is CC1O[C@@H](C(C)(C)C)[C@@H](C(C)(C)C)O1. The summed E-state index contributed by atoms with van der Waals surface area (Å²) in [6.45, 7) is 15.2. The first kappa shape index (κ1) is 12.0. The zero-order valence-corrected chi connectivity index (χ0v) is 10.5. The van der Waals surface area contributed by atoms with Crippen molar-refractivity contribution in [1.29, 1.82) is 0 Å². The molecule has 1 aliphatic heterocycles. The summed E-state index contributed by atoms with van der Waals surface area (Å²) < 4.78 is 11.7. The molecular formula is C12H24O2. The van der Waals surface area contributed by atoms with Gasteiger partial charge in [-0.05, 0) is 17.8 Å². The Morgan fingerprint density at radius 1 is 0.714 bits per heavy atom. The van der Waals surface area contributed by atoms with Crippen LogP contribution >= 0.6 is 0 Å². The summed E-state index contributed by atoms with van der Waals surface area (Å²) in [5, 5.41) is 0. The van der Waals surface area contributed by atoms with Crippen molar-refractivity contribution in [3.8, 4) is 0 Å². The number of rotatable bonds is 0. The molecule has 0 aliphatic carbocycles. The highest BCUT2D eigenvalue weighted by Crippen LogP contribution is 2.40. The molecule has 1 fully saturated rings. The van der Waals surface area contributed by atoms with Crippen molar-refractivity contribution < 1.29 is 9.47 Å². The summed E-state index contributed by atoms with van der Waals surface area (Å²) in [4.78, 5) is 0. The molecule has 1 saturated heterocycles. The Kier molecular flexibility index (Phi) is 2.99. The predicted octanol–water partition coefficient (Wildman–Crippen LogP) is 3.21. The molecule has 0 saturated carbocycles. The summed E-state index contributed by atoms with van der Waals surface area (Å²) in [6.07, 6.45) is 0.318. The van der Waals surface area contributed by atoms with E-state index in [1.807, 2.05) is 6.92 Å². The molecule has 1 aliphatic rings. The standard InChI is InChI=1S/C12H24O2/c1-8-13-9(11(2,3)4)10(14-8)12(5,6)7/h8-10H,1-7H3/t8?,9-,10+. The minimum atomic E-state index is -0.0662. The van der Waals surface area contributed by atoms with Gasteiger partial charge in [0, 0.05) is 0 Å². The van der Waals surface area contributed by atoms with Gasteiger partial charge in [-0.25, -0.2) is 0 Å². The van der Waals surface area contributed by atoms with E-state index in [0.717, 1.165) is 0 Å². The fourth-order valence-corrected chi connectivity index (χ4v) is 1.90. The van der Waals surface area contributed by atoms with E-state index in [9.17, 15) is 0 Å². The Bertz CT molecular complexity index is 175. The number of hydrogen-bond donors (Lipinski definition) is 0. The first-order valence-corrected chi connectivity index (χ1v) is 5.43.